The summed E-state index contributed by atoms with van der Waals surface area (Å²) in [5.74, 6) is 0. The molecule has 0 spiro atoms. The Morgan fingerprint density at radius 1 is 1.50 bits per heavy atom. The Bertz CT molecular complexity index is 599. The van der Waals surface area contributed by atoms with Crippen molar-refractivity contribution in [2.45, 2.75) is 38.9 Å². The minimum absolute atomic E-state index is 0.227. The second kappa shape index (κ2) is 6.37. The van der Waals surface area contributed by atoms with Crippen molar-refractivity contribution in [3.8, 4) is 6.07 Å². The van der Waals surface area contributed by atoms with Gasteiger partial charge >= 0.3 is 6.09 Å². The fourth-order valence-electron chi connectivity index (χ4n) is 2.50. The average molecular weight is 302 g/mol. The molecule has 1 aromatic carbocycles. The Morgan fingerprint density at radius 3 is 2.86 bits per heavy atom. The zero-order valence-corrected chi connectivity index (χ0v) is 13.5. The van der Waals surface area contributed by atoms with Gasteiger partial charge in [0.25, 0.3) is 0 Å². The van der Waals surface area contributed by atoms with Crippen LogP contribution in [0.1, 0.15) is 43.6 Å². The number of benzene rings is 1. The van der Waals surface area contributed by atoms with Crippen molar-refractivity contribution >= 4 is 6.09 Å². The van der Waals surface area contributed by atoms with Crippen LogP contribution in [-0.2, 0) is 15.9 Å². The molecule has 0 radical (unpaired) electrons. The fourth-order valence-corrected chi connectivity index (χ4v) is 2.50. The maximum atomic E-state index is 12.1. The van der Waals surface area contributed by atoms with Gasteiger partial charge in [0, 0.05) is 7.05 Å². The molecule has 22 heavy (non-hydrogen) atoms. The Hall–Kier alpha value is -2.06. The number of likely N-dealkylation sites (N-methyl/N-ethyl adjacent to an activating group) is 1. The van der Waals surface area contributed by atoms with Crippen molar-refractivity contribution in [3.05, 3.63) is 34.9 Å². The smallest absolute Gasteiger partial charge is 0.410 e. The molecule has 0 bridgehead atoms. The van der Waals surface area contributed by atoms with Gasteiger partial charge in [-0.15, -0.1) is 0 Å². The number of amides is 1. The number of nitrogens with zero attached hydrogens (tertiary/aromatic N) is 2. The van der Waals surface area contributed by atoms with Gasteiger partial charge in [-0.2, -0.15) is 5.26 Å². The lowest BCUT2D eigenvalue weighted by molar-refractivity contribution is -0.00167. The molecule has 0 aliphatic carbocycles. The van der Waals surface area contributed by atoms with Crippen molar-refractivity contribution < 1.29 is 14.3 Å². The molecular formula is C17H22N2O3. The molecule has 1 aromatic rings. The van der Waals surface area contributed by atoms with Crippen LogP contribution in [0.3, 0.4) is 0 Å². The number of hydrogen-bond donors (Lipinski definition) is 0. The maximum Gasteiger partial charge on any atom is 0.410 e. The van der Waals surface area contributed by atoms with Crippen LogP contribution in [-0.4, -0.2) is 36.8 Å². The summed E-state index contributed by atoms with van der Waals surface area (Å²) >= 11 is 0. The molecule has 2 rings (SSSR count). The van der Waals surface area contributed by atoms with Crippen LogP contribution >= 0.6 is 0 Å². The minimum Gasteiger partial charge on any atom is -0.444 e. The van der Waals surface area contributed by atoms with E-state index in [9.17, 15) is 10.1 Å². The van der Waals surface area contributed by atoms with E-state index in [0.29, 0.717) is 18.7 Å². The standard InChI is InChI=1S/C17H22N2O3/c1-17(2,3)22-16(20)19(4)11-15-14-7-5-6-12(10-18)13(14)8-9-21-15/h5-7,15H,8-9,11H2,1-4H3/t15-/m1/s1. The van der Waals surface area contributed by atoms with E-state index in [4.69, 9.17) is 9.47 Å². The van der Waals surface area contributed by atoms with Crippen molar-refractivity contribution in [2.24, 2.45) is 0 Å². The zero-order valence-electron chi connectivity index (χ0n) is 13.5. The van der Waals surface area contributed by atoms with Crippen LogP contribution in [0.4, 0.5) is 4.79 Å². The highest BCUT2D eigenvalue weighted by Gasteiger charge is 2.27. The molecule has 5 heteroatoms. The number of rotatable bonds is 2. The summed E-state index contributed by atoms with van der Waals surface area (Å²) in [7, 11) is 1.69. The van der Waals surface area contributed by atoms with Crippen LogP contribution in [0.2, 0.25) is 0 Å². The molecule has 0 aromatic heterocycles. The molecule has 5 nitrogen and oxygen atoms in total. The third-order valence-electron chi connectivity index (χ3n) is 3.50. The fraction of sp³-hybridized carbons (Fsp3) is 0.529. The molecule has 0 unspecified atom stereocenters. The van der Waals surface area contributed by atoms with E-state index in [1.54, 1.807) is 7.05 Å². The van der Waals surface area contributed by atoms with Crippen molar-refractivity contribution in [1.82, 2.24) is 4.90 Å². The highest BCUT2D eigenvalue weighted by molar-refractivity contribution is 5.67. The molecule has 1 heterocycles. The van der Waals surface area contributed by atoms with E-state index < -0.39 is 5.60 Å². The van der Waals surface area contributed by atoms with Gasteiger partial charge in [0.1, 0.15) is 11.7 Å². The zero-order chi connectivity index (χ0) is 16.3. The van der Waals surface area contributed by atoms with Gasteiger partial charge in [-0.1, -0.05) is 12.1 Å². The minimum atomic E-state index is -0.523. The lowest BCUT2D eigenvalue weighted by atomic mass is 9.93. The van der Waals surface area contributed by atoms with E-state index in [0.717, 1.165) is 17.5 Å². The monoisotopic (exact) mass is 302 g/mol. The van der Waals surface area contributed by atoms with Gasteiger partial charge in [0.15, 0.2) is 0 Å². The molecule has 1 aliphatic rings. The van der Waals surface area contributed by atoms with Gasteiger partial charge in [0.2, 0.25) is 0 Å². The maximum absolute atomic E-state index is 12.1. The van der Waals surface area contributed by atoms with E-state index in [2.05, 4.69) is 6.07 Å². The largest absolute Gasteiger partial charge is 0.444 e. The first kappa shape index (κ1) is 16.3. The lowest BCUT2D eigenvalue weighted by Gasteiger charge is -2.31. The topological polar surface area (TPSA) is 62.6 Å². The summed E-state index contributed by atoms with van der Waals surface area (Å²) < 4.78 is 11.1. The van der Waals surface area contributed by atoms with E-state index in [1.165, 1.54) is 4.90 Å². The van der Waals surface area contributed by atoms with Crippen LogP contribution in [0.5, 0.6) is 0 Å². The number of ether oxygens (including phenoxy) is 2. The van der Waals surface area contributed by atoms with Crippen LogP contribution in [0.25, 0.3) is 0 Å². The van der Waals surface area contributed by atoms with E-state index >= 15 is 0 Å². The van der Waals surface area contributed by atoms with E-state index in [1.807, 2.05) is 39.0 Å². The summed E-state index contributed by atoms with van der Waals surface area (Å²) in [5, 5.41) is 9.20. The molecular weight excluding hydrogens is 280 g/mol. The molecule has 0 fully saturated rings. The first-order valence-corrected chi connectivity index (χ1v) is 7.39. The Kier molecular flexibility index (Phi) is 4.72. The first-order valence-electron chi connectivity index (χ1n) is 7.39. The summed E-state index contributed by atoms with van der Waals surface area (Å²) in [6.07, 6.45) is 0.125. The molecule has 0 N–H and O–H groups in total. The van der Waals surface area contributed by atoms with Gasteiger partial charge in [0.05, 0.1) is 24.8 Å². The van der Waals surface area contributed by atoms with Gasteiger partial charge in [-0.05, 0) is 44.4 Å². The third-order valence-corrected chi connectivity index (χ3v) is 3.50. The third kappa shape index (κ3) is 3.77. The molecule has 1 atom stereocenters. The van der Waals surface area contributed by atoms with Crippen LogP contribution in [0, 0.1) is 11.3 Å². The molecule has 0 saturated heterocycles. The number of nitriles is 1. The van der Waals surface area contributed by atoms with Crippen LogP contribution in [0.15, 0.2) is 18.2 Å². The van der Waals surface area contributed by atoms with Crippen LogP contribution < -0.4 is 0 Å². The van der Waals surface area contributed by atoms with Gasteiger partial charge < -0.3 is 14.4 Å². The predicted octanol–water partition coefficient (Wildman–Crippen LogP) is 3.04. The summed E-state index contributed by atoms with van der Waals surface area (Å²) in [6, 6.07) is 7.86. The Morgan fingerprint density at radius 2 is 2.23 bits per heavy atom. The van der Waals surface area contributed by atoms with Crippen molar-refractivity contribution in [2.75, 3.05) is 20.2 Å². The van der Waals surface area contributed by atoms with Crippen molar-refractivity contribution in [3.63, 3.8) is 0 Å². The van der Waals surface area contributed by atoms with Gasteiger partial charge in [-0.3, -0.25) is 0 Å². The number of carbonyl (C=O) groups excluding carboxylic acids is 1. The van der Waals surface area contributed by atoms with E-state index in [-0.39, 0.29) is 12.2 Å². The average Bonchev–Trinajstić information content (AvgIpc) is 2.45. The summed E-state index contributed by atoms with van der Waals surface area (Å²) in [6.45, 7) is 6.47. The summed E-state index contributed by atoms with van der Waals surface area (Å²) in [4.78, 5) is 13.6. The highest BCUT2D eigenvalue weighted by atomic mass is 16.6. The molecule has 1 aliphatic heterocycles. The highest BCUT2D eigenvalue weighted by Crippen LogP contribution is 2.30. The molecule has 0 saturated carbocycles. The predicted molar refractivity (Wildman–Crippen MR) is 82.4 cm³/mol. The second-order valence-corrected chi connectivity index (χ2v) is 6.46. The summed E-state index contributed by atoms with van der Waals surface area (Å²) in [5.41, 5.74) is 2.18. The number of hydrogen-bond acceptors (Lipinski definition) is 4. The lowest BCUT2D eigenvalue weighted by Crippen LogP contribution is -2.38. The second-order valence-electron chi connectivity index (χ2n) is 6.46. The molecule has 118 valence electrons. The SMILES string of the molecule is CN(C[C@H]1OCCc2c(C#N)cccc21)C(=O)OC(C)(C)C. The van der Waals surface area contributed by atoms with Gasteiger partial charge in [-0.25, -0.2) is 4.79 Å². The quantitative estimate of drug-likeness (QED) is 0.842. The number of carbonyl (C=O) groups is 1. The molecule has 1 amide bonds. The Labute approximate surface area is 131 Å². The normalized spacial score (nSPS) is 17.3. The Balaban J connectivity index is 2.13. The van der Waals surface area contributed by atoms with Crippen molar-refractivity contribution in [1.29, 1.82) is 5.26 Å². The number of fused-ring (bicyclic) bond motifs is 1. The first-order chi connectivity index (χ1) is 10.3.